The molecule has 4 nitrogen and oxygen atoms in total. The van der Waals surface area contributed by atoms with Crippen molar-refractivity contribution in [1.82, 2.24) is 4.72 Å². The zero-order valence-corrected chi connectivity index (χ0v) is 9.62. The van der Waals surface area contributed by atoms with Gasteiger partial charge in [0.2, 0.25) is 10.0 Å². The topological polar surface area (TPSA) is 72.2 Å². The molecule has 7 heteroatoms. The van der Waals surface area contributed by atoms with E-state index in [4.69, 9.17) is 5.73 Å². The fourth-order valence-electron chi connectivity index (χ4n) is 0.889. The molecule has 0 amide bonds. The second-order valence-electron chi connectivity index (χ2n) is 2.52. The average Bonchev–Trinajstić information content (AvgIpc) is 2.11. The van der Waals surface area contributed by atoms with Crippen LogP contribution in [0.4, 0.5) is 10.1 Å². The molecular weight excluding hydrogens is 275 g/mol. The van der Waals surface area contributed by atoms with Gasteiger partial charge < -0.3 is 5.73 Å². The molecule has 0 spiro atoms. The van der Waals surface area contributed by atoms with E-state index in [9.17, 15) is 12.8 Å². The second-order valence-corrected chi connectivity index (χ2v) is 5.23. The fourth-order valence-corrected chi connectivity index (χ4v) is 2.36. The monoisotopic (exact) mass is 282 g/mol. The molecule has 14 heavy (non-hydrogen) atoms. The Balaban J connectivity index is 3.50. The molecule has 0 fully saturated rings. The van der Waals surface area contributed by atoms with Gasteiger partial charge >= 0.3 is 0 Å². The summed E-state index contributed by atoms with van der Waals surface area (Å²) in [7, 11) is -2.61. The minimum atomic E-state index is -3.81. The van der Waals surface area contributed by atoms with Crippen molar-refractivity contribution in [3.63, 3.8) is 0 Å². The Morgan fingerprint density at radius 1 is 1.50 bits per heavy atom. The Labute approximate surface area is 89.5 Å². The number of nitrogen functional groups attached to an aromatic ring is 1. The third-order valence-corrected chi connectivity index (χ3v) is 3.57. The SMILES string of the molecule is CNS(=O)(=O)c1cc(N)cc(Br)c1F. The molecule has 0 heterocycles. The van der Waals surface area contributed by atoms with Crippen molar-refractivity contribution in [2.24, 2.45) is 0 Å². The van der Waals surface area contributed by atoms with Crippen molar-refractivity contribution >= 4 is 31.6 Å². The van der Waals surface area contributed by atoms with Gasteiger partial charge in [0.05, 0.1) is 4.47 Å². The van der Waals surface area contributed by atoms with Crippen LogP contribution in [0, 0.1) is 5.82 Å². The number of hydrogen-bond donors (Lipinski definition) is 2. The van der Waals surface area contributed by atoms with E-state index in [0.717, 1.165) is 6.07 Å². The Kier molecular flexibility index (Phi) is 3.13. The van der Waals surface area contributed by atoms with Crippen LogP contribution in [0.15, 0.2) is 21.5 Å². The van der Waals surface area contributed by atoms with Gasteiger partial charge in [0.1, 0.15) is 4.90 Å². The van der Waals surface area contributed by atoms with Crippen LogP contribution < -0.4 is 10.5 Å². The summed E-state index contributed by atoms with van der Waals surface area (Å²) in [6.07, 6.45) is 0. The third-order valence-electron chi connectivity index (χ3n) is 1.58. The van der Waals surface area contributed by atoms with Crippen molar-refractivity contribution in [1.29, 1.82) is 0 Å². The van der Waals surface area contributed by atoms with Crippen molar-refractivity contribution < 1.29 is 12.8 Å². The lowest BCUT2D eigenvalue weighted by molar-refractivity contribution is 0.558. The summed E-state index contributed by atoms with van der Waals surface area (Å²) >= 11 is 2.87. The number of halogens is 2. The summed E-state index contributed by atoms with van der Waals surface area (Å²) in [6.45, 7) is 0. The molecule has 0 aromatic heterocycles. The zero-order valence-electron chi connectivity index (χ0n) is 7.21. The number of anilines is 1. The molecule has 0 aliphatic carbocycles. The van der Waals surface area contributed by atoms with E-state index in [1.807, 2.05) is 4.72 Å². The minimum Gasteiger partial charge on any atom is -0.399 e. The molecule has 78 valence electrons. The molecule has 0 saturated heterocycles. The summed E-state index contributed by atoms with van der Waals surface area (Å²) in [5, 5.41) is 0. The fraction of sp³-hybridized carbons (Fsp3) is 0.143. The van der Waals surface area contributed by atoms with Gasteiger partial charge in [-0.15, -0.1) is 0 Å². The van der Waals surface area contributed by atoms with Gasteiger partial charge in [-0.05, 0) is 35.1 Å². The van der Waals surface area contributed by atoms with Gasteiger partial charge in [-0.2, -0.15) is 0 Å². The van der Waals surface area contributed by atoms with Crippen LogP contribution in [-0.4, -0.2) is 15.5 Å². The van der Waals surface area contributed by atoms with Gasteiger partial charge in [0, 0.05) is 5.69 Å². The van der Waals surface area contributed by atoms with Gasteiger partial charge in [-0.1, -0.05) is 0 Å². The average molecular weight is 283 g/mol. The van der Waals surface area contributed by atoms with Crippen molar-refractivity contribution in [3.8, 4) is 0 Å². The van der Waals surface area contributed by atoms with Crippen LogP contribution >= 0.6 is 15.9 Å². The maximum atomic E-state index is 13.3. The highest BCUT2D eigenvalue weighted by Crippen LogP contribution is 2.25. The molecule has 0 saturated carbocycles. The van der Waals surface area contributed by atoms with Crippen LogP contribution in [0.5, 0.6) is 0 Å². The molecule has 0 aliphatic heterocycles. The van der Waals surface area contributed by atoms with Crippen LogP contribution in [0.3, 0.4) is 0 Å². The van der Waals surface area contributed by atoms with Crippen LogP contribution in [0.2, 0.25) is 0 Å². The Bertz CT molecular complexity index is 461. The summed E-state index contributed by atoms with van der Waals surface area (Å²) in [4.78, 5) is -0.466. The first kappa shape index (κ1) is 11.4. The maximum Gasteiger partial charge on any atom is 0.243 e. The zero-order chi connectivity index (χ0) is 10.9. The summed E-state index contributed by atoms with van der Waals surface area (Å²) in [6, 6.07) is 2.36. The van der Waals surface area contributed by atoms with Crippen molar-refractivity contribution in [3.05, 3.63) is 22.4 Å². The second kappa shape index (κ2) is 3.84. The van der Waals surface area contributed by atoms with Crippen LogP contribution in [0.1, 0.15) is 0 Å². The van der Waals surface area contributed by atoms with Gasteiger partial charge in [0.15, 0.2) is 5.82 Å². The van der Waals surface area contributed by atoms with E-state index in [1.54, 1.807) is 0 Å². The van der Waals surface area contributed by atoms with E-state index >= 15 is 0 Å². The molecule has 3 N–H and O–H groups in total. The summed E-state index contributed by atoms with van der Waals surface area (Å²) in [5.41, 5.74) is 5.56. The number of rotatable bonds is 2. The first-order valence-electron chi connectivity index (χ1n) is 3.56. The standard InChI is InChI=1S/C7H8BrFN2O2S/c1-11-14(12,13)6-3-4(10)2-5(8)7(6)9/h2-3,11H,10H2,1H3. The Morgan fingerprint density at radius 3 is 2.57 bits per heavy atom. The van der Waals surface area contributed by atoms with E-state index in [2.05, 4.69) is 15.9 Å². The first-order chi connectivity index (χ1) is 6.38. The molecule has 1 rings (SSSR count). The molecule has 1 aromatic carbocycles. The molecule has 0 unspecified atom stereocenters. The lowest BCUT2D eigenvalue weighted by Gasteiger charge is -2.06. The number of nitrogens with two attached hydrogens (primary N) is 1. The molecule has 0 radical (unpaired) electrons. The Hall–Kier alpha value is -0.660. The van der Waals surface area contributed by atoms with E-state index in [0.29, 0.717) is 0 Å². The van der Waals surface area contributed by atoms with Crippen LogP contribution in [0.25, 0.3) is 0 Å². The third kappa shape index (κ3) is 2.05. The highest BCUT2D eigenvalue weighted by Gasteiger charge is 2.19. The van der Waals surface area contributed by atoms with E-state index in [1.165, 1.54) is 13.1 Å². The highest BCUT2D eigenvalue weighted by atomic mass is 79.9. The lowest BCUT2D eigenvalue weighted by atomic mass is 10.3. The number of sulfonamides is 1. The number of hydrogen-bond acceptors (Lipinski definition) is 3. The van der Waals surface area contributed by atoms with Crippen LogP contribution in [-0.2, 0) is 10.0 Å². The number of nitrogens with one attached hydrogen (secondary N) is 1. The lowest BCUT2D eigenvalue weighted by Crippen LogP contribution is -2.20. The molecule has 0 aliphatic rings. The largest absolute Gasteiger partial charge is 0.399 e. The quantitative estimate of drug-likeness (QED) is 0.798. The first-order valence-corrected chi connectivity index (χ1v) is 5.84. The predicted octanol–water partition coefficient (Wildman–Crippen LogP) is 1.08. The molecular formula is C7H8BrFN2O2S. The molecule has 1 aromatic rings. The van der Waals surface area contributed by atoms with Crippen molar-refractivity contribution in [2.45, 2.75) is 4.90 Å². The van der Waals surface area contributed by atoms with E-state index < -0.39 is 20.7 Å². The highest BCUT2D eigenvalue weighted by molar-refractivity contribution is 9.10. The Morgan fingerprint density at radius 2 is 2.07 bits per heavy atom. The predicted molar refractivity (Wildman–Crippen MR) is 54.8 cm³/mol. The van der Waals surface area contributed by atoms with Gasteiger partial charge in [0.25, 0.3) is 0 Å². The normalized spacial score (nSPS) is 11.6. The van der Waals surface area contributed by atoms with E-state index in [-0.39, 0.29) is 10.2 Å². The van der Waals surface area contributed by atoms with Gasteiger partial charge in [-0.3, -0.25) is 0 Å². The van der Waals surface area contributed by atoms with Crippen molar-refractivity contribution in [2.75, 3.05) is 12.8 Å². The maximum absolute atomic E-state index is 13.3. The molecule has 0 atom stereocenters. The summed E-state index contributed by atoms with van der Waals surface area (Å²) < 4.78 is 38.0. The summed E-state index contributed by atoms with van der Waals surface area (Å²) in [5.74, 6) is -0.853. The molecule has 0 bridgehead atoms. The van der Waals surface area contributed by atoms with Gasteiger partial charge in [-0.25, -0.2) is 17.5 Å². The smallest absolute Gasteiger partial charge is 0.243 e. The minimum absolute atomic E-state index is 0.0197. The number of benzene rings is 1.